The fourth-order valence-corrected chi connectivity index (χ4v) is 8.30. The highest BCUT2D eigenvalue weighted by molar-refractivity contribution is 5.05. The third-order valence-electron chi connectivity index (χ3n) is 9.32. The summed E-state index contributed by atoms with van der Waals surface area (Å²) in [5, 5.41) is 3.80. The predicted octanol–water partition coefficient (Wildman–Crippen LogP) is 3.66. The Kier molecular flexibility index (Phi) is 3.20. The molecular weight excluding hydrogens is 280 g/mol. The summed E-state index contributed by atoms with van der Waals surface area (Å²) in [5.74, 6) is 6.48. The summed E-state index contributed by atoms with van der Waals surface area (Å²) in [6.07, 6.45) is 15.5. The van der Waals surface area contributed by atoms with E-state index >= 15 is 0 Å². The van der Waals surface area contributed by atoms with E-state index in [0.29, 0.717) is 0 Å². The fraction of sp³-hybridized carbons (Fsp3) is 1.00. The lowest BCUT2D eigenvalue weighted by atomic mass is 9.54. The van der Waals surface area contributed by atoms with Gasteiger partial charge in [0.2, 0.25) is 0 Å². The summed E-state index contributed by atoms with van der Waals surface area (Å²) in [5.41, 5.74) is 0. The molecule has 0 radical (unpaired) electrons. The van der Waals surface area contributed by atoms with Crippen LogP contribution in [0.3, 0.4) is 0 Å². The second-order valence-electron chi connectivity index (χ2n) is 10.2. The first-order valence-electron chi connectivity index (χ1n) is 10.8. The van der Waals surface area contributed by atoms with Gasteiger partial charge in [0, 0.05) is 24.7 Å². The highest BCUT2D eigenvalue weighted by atomic mass is 15.2. The smallest absolute Gasteiger partial charge is 0.0129 e. The number of rotatable bonds is 2. The maximum absolute atomic E-state index is 3.80. The van der Waals surface area contributed by atoms with Gasteiger partial charge in [0.05, 0.1) is 0 Å². The zero-order chi connectivity index (χ0) is 15.0. The molecule has 3 heterocycles. The van der Waals surface area contributed by atoms with E-state index in [9.17, 15) is 0 Å². The van der Waals surface area contributed by atoms with Crippen LogP contribution in [0.4, 0.5) is 0 Å². The molecule has 0 aromatic heterocycles. The molecule has 8 fully saturated rings. The van der Waals surface area contributed by atoms with E-state index in [4.69, 9.17) is 0 Å². The lowest BCUT2D eigenvalue weighted by Gasteiger charge is -2.57. The lowest BCUT2D eigenvalue weighted by Crippen LogP contribution is -2.57. The molecule has 2 nitrogen and oxygen atoms in total. The zero-order valence-corrected chi connectivity index (χ0v) is 14.6. The molecule has 0 aromatic rings. The van der Waals surface area contributed by atoms with Crippen molar-refractivity contribution in [3.63, 3.8) is 0 Å². The largest absolute Gasteiger partial charge is 0.314 e. The van der Waals surface area contributed by atoms with Gasteiger partial charge in [-0.15, -0.1) is 0 Å². The first-order chi connectivity index (χ1) is 11.3. The summed E-state index contributed by atoms with van der Waals surface area (Å²) >= 11 is 0. The fourth-order valence-electron chi connectivity index (χ4n) is 8.30. The molecule has 128 valence electrons. The van der Waals surface area contributed by atoms with Crippen molar-refractivity contribution < 1.29 is 0 Å². The minimum atomic E-state index is 0.885. The topological polar surface area (TPSA) is 15.3 Å². The number of fused-ring (bicyclic) bond motifs is 9. The number of likely N-dealkylation sites (tertiary alicyclic amines) is 1. The SMILES string of the molecule is C1CC2CC1CN2C1CC2CCC1CC2C1CC2CCC1CN2. The van der Waals surface area contributed by atoms with Crippen molar-refractivity contribution in [1.82, 2.24) is 10.2 Å². The second kappa shape index (κ2) is 5.21. The monoisotopic (exact) mass is 314 g/mol. The summed E-state index contributed by atoms with van der Waals surface area (Å²) in [7, 11) is 0. The zero-order valence-electron chi connectivity index (χ0n) is 14.6. The van der Waals surface area contributed by atoms with E-state index in [-0.39, 0.29) is 0 Å². The van der Waals surface area contributed by atoms with Gasteiger partial charge in [-0.25, -0.2) is 0 Å². The van der Waals surface area contributed by atoms with Crippen molar-refractivity contribution in [3.05, 3.63) is 0 Å². The highest BCUT2D eigenvalue weighted by Gasteiger charge is 2.52. The van der Waals surface area contributed by atoms with Gasteiger partial charge in [0.1, 0.15) is 0 Å². The molecule has 0 aromatic carbocycles. The summed E-state index contributed by atoms with van der Waals surface area (Å²) in [6, 6.07) is 2.88. The van der Waals surface area contributed by atoms with E-state index in [1.54, 1.807) is 38.5 Å². The van der Waals surface area contributed by atoms with E-state index in [1.807, 2.05) is 0 Å². The molecule has 8 rings (SSSR count). The van der Waals surface area contributed by atoms with Gasteiger partial charge in [0.25, 0.3) is 0 Å². The highest BCUT2D eigenvalue weighted by Crippen LogP contribution is 2.55. The molecular formula is C21H34N2. The van der Waals surface area contributed by atoms with Gasteiger partial charge >= 0.3 is 0 Å². The maximum atomic E-state index is 3.80. The molecule has 0 spiro atoms. The quantitative estimate of drug-likeness (QED) is 0.837. The van der Waals surface area contributed by atoms with Crippen LogP contribution in [0.1, 0.15) is 64.2 Å². The average molecular weight is 315 g/mol. The first-order valence-corrected chi connectivity index (χ1v) is 10.8. The van der Waals surface area contributed by atoms with Crippen molar-refractivity contribution in [3.8, 4) is 0 Å². The molecule has 2 heteroatoms. The number of hydrogen-bond acceptors (Lipinski definition) is 2. The van der Waals surface area contributed by atoms with Crippen LogP contribution in [0, 0.1) is 35.5 Å². The molecule has 9 unspecified atom stereocenters. The predicted molar refractivity (Wildman–Crippen MR) is 93.2 cm³/mol. The number of piperidine rings is 3. The summed E-state index contributed by atoms with van der Waals surface area (Å²) in [4.78, 5) is 3.02. The number of hydrogen-bond donors (Lipinski definition) is 1. The molecule has 5 saturated carbocycles. The molecule has 5 aliphatic carbocycles. The van der Waals surface area contributed by atoms with Gasteiger partial charge in [-0.05, 0) is 106 Å². The Hall–Kier alpha value is -0.0800. The van der Waals surface area contributed by atoms with Crippen LogP contribution in [0.25, 0.3) is 0 Å². The molecule has 9 atom stereocenters. The van der Waals surface area contributed by atoms with Crippen molar-refractivity contribution >= 4 is 0 Å². The second-order valence-corrected chi connectivity index (χ2v) is 10.2. The van der Waals surface area contributed by atoms with Crippen LogP contribution in [0.5, 0.6) is 0 Å². The minimum Gasteiger partial charge on any atom is -0.314 e. The Bertz CT molecular complexity index is 468. The van der Waals surface area contributed by atoms with E-state index < -0.39 is 0 Å². The van der Waals surface area contributed by atoms with Crippen molar-refractivity contribution in [2.45, 2.75) is 82.3 Å². The van der Waals surface area contributed by atoms with Crippen molar-refractivity contribution in [2.24, 2.45) is 35.5 Å². The van der Waals surface area contributed by atoms with Gasteiger partial charge in [-0.3, -0.25) is 4.90 Å². The Morgan fingerprint density at radius 3 is 2.17 bits per heavy atom. The Balaban J connectivity index is 1.19. The van der Waals surface area contributed by atoms with Gasteiger partial charge in [-0.2, -0.15) is 0 Å². The maximum Gasteiger partial charge on any atom is 0.0129 e. The molecule has 23 heavy (non-hydrogen) atoms. The molecule has 8 aliphatic rings. The van der Waals surface area contributed by atoms with Crippen LogP contribution < -0.4 is 5.32 Å². The molecule has 0 amide bonds. The first kappa shape index (κ1) is 14.1. The van der Waals surface area contributed by atoms with Crippen molar-refractivity contribution in [2.75, 3.05) is 13.1 Å². The van der Waals surface area contributed by atoms with Crippen LogP contribution in [0.15, 0.2) is 0 Å². The van der Waals surface area contributed by atoms with E-state index in [0.717, 1.165) is 53.6 Å². The lowest BCUT2D eigenvalue weighted by molar-refractivity contribution is -0.0589. The van der Waals surface area contributed by atoms with E-state index in [2.05, 4.69) is 10.2 Å². The Labute approximate surface area is 141 Å². The molecule has 6 bridgehead atoms. The average Bonchev–Trinajstić information content (AvgIpc) is 3.26. The Morgan fingerprint density at radius 1 is 0.696 bits per heavy atom. The van der Waals surface area contributed by atoms with Crippen molar-refractivity contribution in [1.29, 1.82) is 0 Å². The van der Waals surface area contributed by atoms with Crippen LogP contribution in [-0.4, -0.2) is 36.1 Å². The van der Waals surface area contributed by atoms with Crippen LogP contribution in [0.2, 0.25) is 0 Å². The van der Waals surface area contributed by atoms with Crippen LogP contribution in [-0.2, 0) is 0 Å². The minimum absolute atomic E-state index is 0.885. The van der Waals surface area contributed by atoms with Gasteiger partial charge < -0.3 is 5.32 Å². The molecule has 1 N–H and O–H groups in total. The molecule has 3 saturated heterocycles. The third-order valence-corrected chi connectivity index (χ3v) is 9.32. The number of nitrogens with zero attached hydrogens (tertiary/aromatic N) is 1. The number of nitrogens with one attached hydrogen (secondary N) is 1. The summed E-state index contributed by atoms with van der Waals surface area (Å²) in [6.45, 7) is 2.82. The van der Waals surface area contributed by atoms with Crippen LogP contribution >= 0.6 is 0 Å². The van der Waals surface area contributed by atoms with Gasteiger partial charge in [-0.1, -0.05) is 0 Å². The van der Waals surface area contributed by atoms with Gasteiger partial charge in [0.15, 0.2) is 0 Å². The Morgan fingerprint density at radius 2 is 1.57 bits per heavy atom. The van der Waals surface area contributed by atoms with E-state index in [1.165, 1.54) is 38.8 Å². The molecule has 3 aliphatic heterocycles. The standard InChI is InChI=1S/C21H34N2/c1-6-18-7-13(1)12-23(18)21-9-14-2-3-15(21)8-19(14)20-10-17-5-4-16(20)11-22-17/h13-22H,1-12H2. The normalized spacial score (nSPS) is 58.2. The summed E-state index contributed by atoms with van der Waals surface area (Å²) < 4.78 is 0. The third kappa shape index (κ3) is 2.13.